The standard InChI is InChI=1S/C28H38FN5O4/c1-15(2)34-23(11-12-30-34)27(37)33-25(24(18-5-6-18)19-7-8-19)28(38)32-22-10-9-20(13-21(22)29)17(4)26(36)31-16(3)14-35/h9-13,15-19,24-25,35H,5-8,14H2,1-4H3,(H,31,36)(H,32,38)(H,33,37)/t16-,17-,25-/m0/s1. The van der Waals surface area contributed by atoms with Crippen LogP contribution >= 0.6 is 0 Å². The normalized spacial score (nSPS) is 17.7. The quantitative estimate of drug-likeness (QED) is 0.337. The van der Waals surface area contributed by atoms with E-state index >= 15 is 4.39 Å². The lowest BCUT2D eigenvalue weighted by molar-refractivity contribution is -0.123. The van der Waals surface area contributed by atoms with E-state index in [0.29, 0.717) is 23.1 Å². The van der Waals surface area contributed by atoms with Crippen molar-refractivity contribution in [3.8, 4) is 0 Å². The highest BCUT2D eigenvalue weighted by molar-refractivity contribution is 6.01. The molecule has 2 aliphatic rings. The van der Waals surface area contributed by atoms with Crippen molar-refractivity contribution in [2.24, 2.45) is 17.8 Å². The molecule has 0 saturated heterocycles. The zero-order valence-corrected chi connectivity index (χ0v) is 22.4. The summed E-state index contributed by atoms with van der Waals surface area (Å²) in [5.74, 6) is -1.75. The Morgan fingerprint density at radius 2 is 1.68 bits per heavy atom. The topological polar surface area (TPSA) is 125 Å². The van der Waals surface area contributed by atoms with Crippen LogP contribution in [0.2, 0.25) is 0 Å². The third-order valence-corrected chi connectivity index (χ3v) is 7.49. The van der Waals surface area contributed by atoms with E-state index in [2.05, 4.69) is 21.0 Å². The summed E-state index contributed by atoms with van der Waals surface area (Å²) in [6, 6.07) is 4.66. The van der Waals surface area contributed by atoms with Gasteiger partial charge in [0.2, 0.25) is 11.8 Å². The molecule has 0 bridgehead atoms. The van der Waals surface area contributed by atoms with Gasteiger partial charge in [-0.1, -0.05) is 6.07 Å². The van der Waals surface area contributed by atoms with Gasteiger partial charge < -0.3 is 21.1 Å². The number of aliphatic hydroxyl groups excluding tert-OH is 1. The number of carbonyl (C=O) groups excluding carboxylic acids is 3. The van der Waals surface area contributed by atoms with Crippen LogP contribution in [0.15, 0.2) is 30.5 Å². The average molecular weight is 528 g/mol. The lowest BCUT2D eigenvalue weighted by atomic mass is 9.88. The molecule has 0 radical (unpaired) electrons. The molecule has 0 aliphatic heterocycles. The summed E-state index contributed by atoms with van der Waals surface area (Å²) in [7, 11) is 0. The predicted octanol–water partition coefficient (Wildman–Crippen LogP) is 3.38. The van der Waals surface area contributed by atoms with Crippen LogP contribution in [0, 0.1) is 23.6 Å². The number of aromatic nitrogens is 2. The first-order valence-electron chi connectivity index (χ1n) is 13.5. The maximum Gasteiger partial charge on any atom is 0.270 e. The van der Waals surface area contributed by atoms with Crippen molar-refractivity contribution in [1.82, 2.24) is 20.4 Å². The van der Waals surface area contributed by atoms with Gasteiger partial charge in [0.1, 0.15) is 17.6 Å². The van der Waals surface area contributed by atoms with Gasteiger partial charge in [0.25, 0.3) is 5.91 Å². The van der Waals surface area contributed by atoms with E-state index in [1.165, 1.54) is 12.1 Å². The van der Waals surface area contributed by atoms with Crippen molar-refractivity contribution in [2.45, 2.75) is 77.4 Å². The second kappa shape index (κ2) is 11.6. The van der Waals surface area contributed by atoms with Crippen LogP contribution in [0.5, 0.6) is 0 Å². The Morgan fingerprint density at radius 3 is 2.24 bits per heavy atom. The average Bonchev–Trinajstić information content (AvgIpc) is 3.83. The van der Waals surface area contributed by atoms with Gasteiger partial charge in [0.05, 0.1) is 18.2 Å². The Bertz CT molecular complexity index is 1160. The maximum absolute atomic E-state index is 15.1. The smallest absolute Gasteiger partial charge is 0.270 e. The molecule has 1 heterocycles. The van der Waals surface area contributed by atoms with E-state index in [1.807, 2.05) is 13.8 Å². The fraction of sp³-hybridized carbons (Fsp3) is 0.571. The fourth-order valence-electron chi connectivity index (χ4n) is 5.03. The van der Waals surface area contributed by atoms with E-state index < -0.39 is 29.7 Å². The molecule has 1 aromatic carbocycles. The molecule has 1 aromatic heterocycles. The predicted molar refractivity (Wildman–Crippen MR) is 141 cm³/mol. The fourth-order valence-corrected chi connectivity index (χ4v) is 5.03. The maximum atomic E-state index is 15.1. The number of benzene rings is 1. The Kier molecular flexibility index (Phi) is 8.50. The van der Waals surface area contributed by atoms with Gasteiger partial charge in [-0.15, -0.1) is 0 Å². The van der Waals surface area contributed by atoms with Crippen molar-refractivity contribution >= 4 is 23.4 Å². The summed E-state index contributed by atoms with van der Waals surface area (Å²) in [6.45, 7) is 6.98. The summed E-state index contributed by atoms with van der Waals surface area (Å²) in [5, 5.41) is 21.7. The molecule has 4 N–H and O–H groups in total. The number of halogens is 1. The van der Waals surface area contributed by atoms with Gasteiger partial charge in [-0.2, -0.15) is 5.10 Å². The van der Waals surface area contributed by atoms with Crippen molar-refractivity contribution in [2.75, 3.05) is 11.9 Å². The van der Waals surface area contributed by atoms with Crippen LogP contribution in [0.25, 0.3) is 0 Å². The summed E-state index contributed by atoms with van der Waals surface area (Å²) >= 11 is 0. The summed E-state index contributed by atoms with van der Waals surface area (Å²) in [6.07, 6.45) is 5.63. The summed E-state index contributed by atoms with van der Waals surface area (Å²) in [4.78, 5) is 39.2. The number of nitrogens with zero attached hydrogens (tertiary/aromatic N) is 2. The highest BCUT2D eigenvalue weighted by Crippen LogP contribution is 2.51. The highest BCUT2D eigenvalue weighted by Gasteiger charge is 2.48. The number of amides is 3. The number of rotatable bonds is 12. The van der Waals surface area contributed by atoms with Crippen molar-refractivity contribution in [3.05, 3.63) is 47.5 Å². The Morgan fingerprint density at radius 1 is 1.03 bits per heavy atom. The lowest BCUT2D eigenvalue weighted by Gasteiger charge is -2.28. The summed E-state index contributed by atoms with van der Waals surface area (Å²) in [5.41, 5.74) is 0.817. The largest absolute Gasteiger partial charge is 0.394 e. The van der Waals surface area contributed by atoms with Crippen LogP contribution in [0.1, 0.15) is 81.4 Å². The van der Waals surface area contributed by atoms with E-state index in [4.69, 9.17) is 5.11 Å². The van der Waals surface area contributed by atoms with Crippen molar-refractivity contribution < 1.29 is 23.9 Å². The first-order chi connectivity index (χ1) is 18.1. The van der Waals surface area contributed by atoms with Crippen molar-refractivity contribution in [3.63, 3.8) is 0 Å². The zero-order chi connectivity index (χ0) is 27.6. The molecular formula is C28H38FN5O4. The number of nitrogens with one attached hydrogen (secondary N) is 3. The number of hydrogen-bond acceptors (Lipinski definition) is 5. The second-order valence-corrected chi connectivity index (χ2v) is 11.0. The third kappa shape index (κ3) is 6.40. The molecule has 206 valence electrons. The molecule has 9 nitrogen and oxygen atoms in total. The Hall–Kier alpha value is -3.27. The van der Waals surface area contributed by atoms with Crippen LogP contribution in [0.4, 0.5) is 10.1 Å². The third-order valence-electron chi connectivity index (χ3n) is 7.49. The molecule has 3 atom stereocenters. The molecule has 2 aromatic rings. The monoisotopic (exact) mass is 527 g/mol. The molecule has 10 heteroatoms. The van der Waals surface area contributed by atoms with Gasteiger partial charge in [-0.25, -0.2) is 4.39 Å². The minimum Gasteiger partial charge on any atom is -0.394 e. The molecule has 2 saturated carbocycles. The number of carbonyl (C=O) groups is 3. The van der Waals surface area contributed by atoms with E-state index in [-0.39, 0.29) is 36.1 Å². The number of aliphatic hydroxyl groups is 1. The zero-order valence-electron chi connectivity index (χ0n) is 22.4. The van der Waals surface area contributed by atoms with Gasteiger partial charge in [-0.05, 0) is 94.9 Å². The van der Waals surface area contributed by atoms with Gasteiger partial charge in [0, 0.05) is 18.3 Å². The first-order valence-corrected chi connectivity index (χ1v) is 13.5. The van der Waals surface area contributed by atoms with E-state index in [9.17, 15) is 14.4 Å². The summed E-state index contributed by atoms with van der Waals surface area (Å²) < 4.78 is 16.7. The van der Waals surface area contributed by atoms with Gasteiger partial charge >= 0.3 is 0 Å². The Balaban J connectivity index is 1.52. The van der Waals surface area contributed by atoms with Crippen LogP contribution < -0.4 is 16.0 Å². The van der Waals surface area contributed by atoms with Gasteiger partial charge in [0.15, 0.2) is 0 Å². The highest BCUT2D eigenvalue weighted by atomic mass is 19.1. The van der Waals surface area contributed by atoms with E-state index in [0.717, 1.165) is 25.7 Å². The second-order valence-electron chi connectivity index (χ2n) is 11.0. The number of anilines is 1. The molecule has 4 rings (SSSR count). The number of hydrogen-bond donors (Lipinski definition) is 4. The SMILES string of the molecule is CC(C)n1nccc1C(=O)N[C@H](C(=O)Nc1ccc([C@H](C)C(=O)N[C@@H](C)CO)cc1F)C(C1CC1)C1CC1. The van der Waals surface area contributed by atoms with Crippen LogP contribution in [0.3, 0.4) is 0 Å². The van der Waals surface area contributed by atoms with Crippen LogP contribution in [-0.4, -0.2) is 51.3 Å². The molecule has 38 heavy (non-hydrogen) atoms. The first kappa shape index (κ1) is 27.8. The van der Waals surface area contributed by atoms with Gasteiger partial charge in [-0.3, -0.25) is 19.1 Å². The van der Waals surface area contributed by atoms with Crippen LogP contribution in [-0.2, 0) is 9.59 Å². The molecule has 0 spiro atoms. The minimum atomic E-state index is -0.804. The minimum absolute atomic E-state index is 0.00561. The van der Waals surface area contributed by atoms with Crippen molar-refractivity contribution in [1.29, 1.82) is 0 Å². The lowest BCUT2D eigenvalue weighted by Crippen LogP contribution is -2.50. The molecular weight excluding hydrogens is 489 g/mol. The molecule has 3 amide bonds. The molecule has 2 aliphatic carbocycles. The molecule has 2 fully saturated rings. The van der Waals surface area contributed by atoms with E-state index in [1.54, 1.807) is 36.9 Å². The Labute approximate surface area is 222 Å². The molecule has 0 unspecified atom stereocenters.